The van der Waals surface area contributed by atoms with Crippen LogP contribution in [0.1, 0.15) is 18.7 Å². The summed E-state index contributed by atoms with van der Waals surface area (Å²) in [5.41, 5.74) is 0.804. The van der Waals surface area contributed by atoms with Crippen LogP contribution in [-0.4, -0.2) is 41.2 Å². The minimum atomic E-state index is 0.550. The lowest BCUT2D eigenvalue weighted by Crippen LogP contribution is -2.40. The molecule has 6 heteroatoms. The predicted octanol–water partition coefficient (Wildman–Crippen LogP) is 2.57. The summed E-state index contributed by atoms with van der Waals surface area (Å²) in [5, 5.41) is 8.04. The van der Waals surface area contributed by atoms with Crippen LogP contribution in [0.25, 0.3) is 11.4 Å². The molecular formula is C15H19ClN4O. The first kappa shape index (κ1) is 14.5. The standard InChI is InChI=1S/C15H19ClN4O/c1-20(11-6-8-17-9-7-11)10-14-18-15(19-21-14)12-4-2-3-5-13(12)16/h2-5,11,17H,6-10H2,1H3. The van der Waals surface area contributed by atoms with Gasteiger partial charge in [0.25, 0.3) is 0 Å². The van der Waals surface area contributed by atoms with Gasteiger partial charge in [-0.3, -0.25) is 4.90 Å². The second-order valence-corrected chi connectivity index (χ2v) is 5.80. The van der Waals surface area contributed by atoms with E-state index in [4.69, 9.17) is 16.1 Å². The molecule has 0 spiro atoms. The number of nitrogens with one attached hydrogen (secondary N) is 1. The van der Waals surface area contributed by atoms with Gasteiger partial charge in [0.1, 0.15) is 0 Å². The zero-order chi connectivity index (χ0) is 14.7. The highest BCUT2D eigenvalue weighted by Gasteiger charge is 2.20. The summed E-state index contributed by atoms with van der Waals surface area (Å²) in [5.74, 6) is 1.18. The van der Waals surface area contributed by atoms with Gasteiger partial charge >= 0.3 is 0 Å². The molecule has 1 aromatic heterocycles. The highest BCUT2D eigenvalue weighted by atomic mass is 35.5. The molecule has 0 atom stereocenters. The van der Waals surface area contributed by atoms with Gasteiger partial charge < -0.3 is 9.84 Å². The Morgan fingerprint density at radius 2 is 2.10 bits per heavy atom. The number of hydrogen-bond donors (Lipinski definition) is 1. The van der Waals surface area contributed by atoms with Crippen LogP contribution < -0.4 is 5.32 Å². The molecule has 0 saturated carbocycles. The van der Waals surface area contributed by atoms with E-state index < -0.39 is 0 Å². The maximum absolute atomic E-state index is 6.16. The Hall–Kier alpha value is -1.43. The summed E-state index contributed by atoms with van der Waals surface area (Å²) < 4.78 is 5.36. The Balaban J connectivity index is 1.69. The third kappa shape index (κ3) is 3.43. The van der Waals surface area contributed by atoms with Crippen LogP contribution in [0.4, 0.5) is 0 Å². The normalized spacial score (nSPS) is 16.5. The lowest BCUT2D eigenvalue weighted by atomic mass is 10.1. The van der Waals surface area contributed by atoms with Gasteiger partial charge in [0, 0.05) is 11.6 Å². The lowest BCUT2D eigenvalue weighted by Gasteiger charge is -2.30. The molecule has 0 amide bonds. The van der Waals surface area contributed by atoms with E-state index in [2.05, 4.69) is 27.4 Å². The summed E-state index contributed by atoms with van der Waals surface area (Å²) in [6.07, 6.45) is 2.31. The molecule has 1 aromatic carbocycles. The van der Waals surface area contributed by atoms with E-state index in [0.717, 1.165) is 31.5 Å². The fourth-order valence-electron chi connectivity index (χ4n) is 2.66. The Labute approximate surface area is 129 Å². The molecular weight excluding hydrogens is 288 g/mol. The molecule has 112 valence electrons. The number of aromatic nitrogens is 2. The Bertz CT molecular complexity index is 595. The summed E-state index contributed by atoms with van der Waals surface area (Å²) >= 11 is 6.16. The van der Waals surface area contributed by atoms with E-state index in [-0.39, 0.29) is 0 Å². The third-order valence-corrected chi connectivity index (χ3v) is 4.23. The van der Waals surface area contributed by atoms with Gasteiger partial charge in [-0.05, 0) is 45.1 Å². The number of hydrogen-bond acceptors (Lipinski definition) is 5. The lowest BCUT2D eigenvalue weighted by molar-refractivity contribution is 0.171. The topological polar surface area (TPSA) is 54.2 Å². The van der Waals surface area contributed by atoms with Gasteiger partial charge in [0.15, 0.2) is 0 Å². The first-order chi connectivity index (χ1) is 10.2. The first-order valence-electron chi connectivity index (χ1n) is 7.22. The predicted molar refractivity (Wildman–Crippen MR) is 82.1 cm³/mol. The van der Waals surface area contributed by atoms with Crippen molar-refractivity contribution in [3.63, 3.8) is 0 Å². The second-order valence-electron chi connectivity index (χ2n) is 5.39. The number of piperidine rings is 1. The van der Waals surface area contributed by atoms with E-state index in [0.29, 0.717) is 29.3 Å². The van der Waals surface area contributed by atoms with Crippen molar-refractivity contribution in [3.8, 4) is 11.4 Å². The van der Waals surface area contributed by atoms with Gasteiger partial charge in [0.05, 0.1) is 11.6 Å². The maximum Gasteiger partial charge on any atom is 0.241 e. The molecule has 21 heavy (non-hydrogen) atoms. The molecule has 5 nitrogen and oxygen atoms in total. The fraction of sp³-hybridized carbons (Fsp3) is 0.467. The summed E-state index contributed by atoms with van der Waals surface area (Å²) in [4.78, 5) is 6.74. The highest BCUT2D eigenvalue weighted by molar-refractivity contribution is 6.33. The third-order valence-electron chi connectivity index (χ3n) is 3.90. The molecule has 2 heterocycles. The summed E-state index contributed by atoms with van der Waals surface area (Å²) in [6.45, 7) is 2.82. The number of nitrogens with zero attached hydrogens (tertiary/aromatic N) is 3. The minimum Gasteiger partial charge on any atom is -0.338 e. The quantitative estimate of drug-likeness (QED) is 0.941. The largest absolute Gasteiger partial charge is 0.338 e. The second kappa shape index (κ2) is 6.56. The van der Waals surface area contributed by atoms with Gasteiger partial charge in [-0.1, -0.05) is 28.9 Å². The van der Waals surface area contributed by atoms with Gasteiger partial charge in [-0.2, -0.15) is 4.98 Å². The molecule has 0 radical (unpaired) electrons. The van der Waals surface area contributed by atoms with Gasteiger partial charge in [-0.25, -0.2) is 0 Å². The number of benzene rings is 1. The smallest absolute Gasteiger partial charge is 0.241 e. The average Bonchev–Trinajstić information content (AvgIpc) is 2.97. The Kier molecular flexibility index (Phi) is 4.53. The SMILES string of the molecule is CN(Cc1nc(-c2ccccc2Cl)no1)C1CCNCC1. The fourth-order valence-corrected chi connectivity index (χ4v) is 2.88. The highest BCUT2D eigenvalue weighted by Crippen LogP contribution is 2.25. The van der Waals surface area contributed by atoms with Gasteiger partial charge in [0.2, 0.25) is 11.7 Å². The zero-order valence-electron chi connectivity index (χ0n) is 12.1. The van der Waals surface area contributed by atoms with Crippen LogP contribution in [0.5, 0.6) is 0 Å². The molecule has 3 rings (SSSR count). The molecule has 1 aliphatic heterocycles. The van der Waals surface area contributed by atoms with E-state index in [1.807, 2.05) is 24.3 Å². The molecule has 1 N–H and O–H groups in total. The number of halogens is 1. The van der Waals surface area contributed by atoms with E-state index >= 15 is 0 Å². The van der Waals surface area contributed by atoms with Crippen LogP contribution in [0, 0.1) is 0 Å². The average molecular weight is 307 g/mol. The van der Waals surface area contributed by atoms with E-state index in [1.54, 1.807) is 0 Å². The number of rotatable bonds is 4. The molecule has 0 aliphatic carbocycles. The monoisotopic (exact) mass is 306 g/mol. The summed E-state index contributed by atoms with van der Waals surface area (Å²) in [6, 6.07) is 8.10. The van der Waals surface area contributed by atoms with Crippen molar-refractivity contribution >= 4 is 11.6 Å². The summed E-state index contributed by atoms with van der Waals surface area (Å²) in [7, 11) is 2.11. The molecule has 0 unspecified atom stereocenters. The molecule has 2 aromatic rings. The van der Waals surface area contributed by atoms with Crippen LogP contribution in [0.2, 0.25) is 5.02 Å². The van der Waals surface area contributed by atoms with Crippen molar-refractivity contribution in [1.29, 1.82) is 0 Å². The maximum atomic E-state index is 6.16. The minimum absolute atomic E-state index is 0.550. The molecule has 1 fully saturated rings. The van der Waals surface area contributed by atoms with Crippen molar-refractivity contribution in [1.82, 2.24) is 20.4 Å². The molecule has 1 aliphatic rings. The Morgan fingerprint density at radius 3 is 2.86 bits per heavy atom. The van der Waals surface area contributed by atoms with Crippen molar-refractivity contribution in [3.05, 3.63) is 35.2 Å². The molecule has 0 bridgehead atoms. The van der Waals surface area contributed by atoms with E-state index in [9.17, 15) is 0 Å². The van der Waals surface area contributed by atoms with Crippen LogP contribution in [-0.2, 0) is 6.54 Å². The van der Waals surface area contributed by atoms with Gasteiger partial charge in [-0.15, -0.1) is 0 Å². The Morgan fingerprint density at radius 1 is 1.33 bits per heavy atom. The first-order valence-corrected chi connectivity index (χ1v) is 7.60. The van der Waals surface area contributed by atoms with Crippen LogP contribution >= 0.6 is 11.6 Å². The van der Waals surface area contributed by atoms with E-state index in [1.165, 1.54) is 0 Å². The zero-order valence-corrected chi connectivity index (χ0v) is 12.8. The van der Waals surface area contributed by atoms with Crippen molar-refractivity contribution in [2.45, 2.75) is 25.4 Å². The van der Waals surface area contributed by atoms with Crippen molar-refractivity contribution < 1.29 is 4.52 Å². The van der Waals surface area contributed by atoms with Crippen molar-refractivity contribution in [2.75, 3.05) is 20.1 Å². The van der Waals surface area contributed by atoms with Crippen molar-refractivity contribution in [2.24, 2.45) is 0 Å². The van der Waals surface area contributed by atoms with Crippen LogP contribution in [0.15, 0.2) is 28.8 Å². The molecule has 1 saturated heterocycles. The van der Waals surface area contributed by atoms with Crippen LogP contribution in [0.3, 0.4) is 0 Å².